The van der Waals surface area contributed by atoms with Crippen molar-refractivity contribution in [3.8, 4) is 0 Å². The fourth-order valence-electron chi connectivity index (χ4n) is 1.79. The summed E-state index contributed by atoms with van der Waals surface area (Å²) in [5.74, 6) is -1.45. The largest absolute Gasteiger partial charge is 0.481 e. The van der Waals surface area contributed by atoms with Gasteiger partial charge in [-0.1, -0.05) is 25.1 Å². The Hall–Kier alpha value is -2.04. The molecular formula is C14H20N2O3. The fraction of sp³-hybridized carbons (Fsp3) is 0.429. The molecule has 0 spiro atoms. The molecule has 0 aliphatic heterocycles. The minimum absolute atomic E-state index is 0.128. The zero-order valence-electron chi connectivity index (χ0n) is 11.5. The summed E-state index contributed by atoms with van der Waals surface area (Å²) in [7, 11) is 0. The molecule has 3 N–H and O–H groups in total. The molecule has 1 unspecified atom stereocenters. The molecule has 0 bridgehead atoms. The third-order valence-corrected chi connectivity index (χ3v) is 3.07. The van der Waals surface area contributed by atoms with Gasteiger partial charge in [-0.25, -0.2) is 4.79 Å². The first-order chi connectivity index (χ1) is 8.95. The number of hydrogen-bond donors (Lipinski definition) is 3. The maximum Gasteiger partial charge on any atom is 0.319 e. The normalized spacial score (nSPS) is 11.7. The second-order valence-corrected chi connectivity index (χ2v) is 4.55. The van der Waals surface area contributed by atoms with Crippen molar-refractivity contribution in [1.82, 2.24) is 5.32 Å². The van der Waals surface area contributed by atoms with Crippen LogP contribution in [-0.2, 0) is 4.79 Å². The Morgan fingerprint density at radius 2 is 1.84 bits per heavy atom. The van der Waals surface area contributed by atoms with E-state index in [2.05, 4.69) is 10.6 Å². The average molecular weight is 264 g/mol. The van der Waals surface area contributed by atoms with E-state index in [1.54, 1.807) is 6.92 Å². The van der Waals surface area contributed by atoms with E-state index in [4.69, 9.17) is 5.11 Å². The number of para-hydroxylation sites is 1. The van der Waals surface area contributed by atoms with Crippen LogP contribution >= 0.6 is 0 Å². The van der Waals surface area contributed by atoms with Gasteiger partial charge in [0.15, 0.2) is 0 Å². The third kappa shape index (κ3) is 4.28. The number of aryl methyl sites for hydroxylation is 2. The Morgan fingerprint density at radius 1 is 1.26 bits per heavy atom. The quantitative estimate of drug-likeness (QED) is 0.764. The van der Waals surface area contributed by atoms with Crippen molar-refractivity contribution in [2.45, 2.75) is 27.2 Å². The number of urea groups is 1. The van der Waals surface area contributed by atoms with E-state index in [9.17, 15) is 9.59 Å². The molecule has 0 heterocycles. The molecule has 1 rings (SSSR count). The van der Waals surface area contributed by atoms with E-state index >= 15 is 0 Å². The van der Waals surface area contributed by atoms with Gasteiger partial charge in [0.2, 0.25) is 0 Å². The van der Waals surface area contributed by atoms with Crippen LogP contribution in [0.5, 0.6) is 0 Å². The SMILES string of the molecule is CCC(CNC(=O)Nc1c(C)cccc1C)C(=O)O. The highest BCUT2D eigenvalue weighted by Gasteiger charge is 2.16. The number of benzene rings is 1. The third-order valence-electron chi connectivity index (χ3n) is 3.07. The molecule has 0 radical (unpaired) electrons. The molecule has 1 aromatic rings. The standard InChI is InChI=1S/C14H20N2O3/c1-4-11(13(17)18)8-15-14(19)16-12-9(2)6-5-7-10(12)3/h5-7,11H,4,8H2,1-3H3,(H,17,18)(H2,15,16,19). The van der Waals surface area contributed by atoms with Crippen LogP contribution < -0.4 is 10.6 Å². The number of carbonyl (C=O) groups is 2. The van der Waals surface area contributed by atoms with Gasteiger partial charge in [0, 0.05) is 12.2 Å². The summed E-state index contributed by atoms with van der Waals surface area (Å²) in [5.41, 5.74) is 2.71. The average Bonchev–Trinajstić information content (AvgIpc) is 2.34. The number of amides is 2. The first-order valence-corrected chi connectivity index (χ1v) is 6.29. The maximum atomic E-state index is 11.7. The van der Waals surface area contributed by atoms with Crippen LogP contribution in [0.15, 0.2) is 18.2 Å². The van der Waals surface area contributed by atoms with Crippen LogP contribution in [0.25, 0.3) is 0 Å². The van der Waals surface area contributed by atoms with Gasteiger partial charge in [0.05, 0.1) is 5.92 Å². The lowest BCUT2D eigenvalue weighted by Crippen LogP contribution is -2.35. The van der Waals surface area contributed by atoms with Crippen molar-refractivity contribution in [2.75, 3.05) is 11.9 Å². The summed E-state index contributed by atoms with van der Waals surface area (Å²) in [4.78, 5) is 22.6. The van der Waals surface area contributed by atoms with Crippen molar-refractivity contribution in [3.63, 3.8) is 0 Å². The molecule has 0 saturated heterocycles. The van der Waals surface area contributed by atoms with Crippen molar-refractivity contribution in [2.24, 2.45) is 5.92 Å². The summed E-state index contributed by atoms with van der Waals surface area (Å²) in [6, 6.07) is 5.37. The van der Waals surface area contributed by atoms with Gasteiger partial charge < -0.3 is 15.7 Å². The number of rotatable bonds is 5. The van der Waals surface area contributed by atoms with Crippen molar-refractivity contribution < 1.29 is 14.7 Å². The van der Waals surface area contributed by atoms with E-state index in [1.165, 1.54) is 0 Å². The second-order valence-electron chi connectivity index (χ2n) is 4.55. The van der Waals surface area contributed by atoms with Gasteiger partial charge in [0.25, 0.3) is 0 Å². The molecule has 0 aliphatic rings. The molecule has 0 aromatic heterocycles. The van der Waals surface area contributed by atoms with Crippen LogP contribution in [0.4, 0.5) is 10.5 Å². The zero-order chi connectivity index (χ0) is 14.4. The minimum atomic E-state index is -0.894. The lowest BCUT2D eigenvalue weighted by molar-refractivity contribution is -0.141. The van der Waals surface area contributed by atoms with E-state index in [1.807, 2.05) is 32.0 Å². The zero-order valence-corrected chi connectivity index (χ0v) is 11.5. The Labute approximate surface area is 113 Å². The summed E-state index contributed by atoms with van der Waals surface area (Å²) in [5, 5.41) is 14.2. The van der Waals surface area contributed by atoms with Crippen molar-refractivity contribution >= 4 is 17.7 Å². The Morgan fingerprint density at radius 3 is 2.32 bits per heavy atom. The lowest BCUT2D eigenvalue weighted by Gasteiger charge is -2.14. The Bertz CT molecular complexity index is 452. The maximum absolute atomic E-state index is 11.7. The summed E-state index contributed by atoms with van der Waals surface area (Å²) in [6.45, 7) is 5.73. The number of anilines is 1. The molecule has 5 heteroatoms. The lowest BCUT2D eigenvalue weighted by atomic mass is 10.1. The van der Waals surface area contributed by atoms with Crippen LogP contribution in [0.3, 0.4) is 0 Å². The smallest absolute Gasteiger partial charge is 0.319 e. The fourth-order valence-corrected chi connectivity index (χ4v) is 1.79. The van der Waals surface area contributed by atoms with E-state index < -0.39 is 11.9 Å². The van der Waals surface area contributed by atoms with Crippen LogP contribution in [0.1, 0.15) is 24.5 Å². The first kappa shape index (κ1) is 15.0. The second kappa shape index (κ2) is 6.78. The van der Waals surface area contributed by atoms with Gasteiger partial charge in [-0.2, -0.15) is 0 Å². The van der Waals surface area contributed by atoms with E-state index in [0.717, 1.165) is 16.8 Å². The summed E-state index contributed by atoms with van der Waals surface area (Å²) >= 11 is 0. The Balaban J connectivity index is 2.59. The van der Waals surface area contributed by atoms with Crippen LogP contribution in [0, 0.1) is 19.8 Å². The highest BCUT2D eigenvalue weighted by atomic mass is 16.4. The van der Waals surface area contributed by atoms with Gasteiger partial charge in [-0.3, -0.25) is 4.79 Å². The van der Waals surface area contributed by atoms with Crippen molar-refractivity contribution in [1.29, 1.82) is 0 Å². The highest BCUT2D eigenvalue weighted by molar-refractivity contribution is 5.91. The van der Waals surface area contributed by atoms with Gasteiger partial charge in [0.1, 0.15) is 0 Å². The number of carboxylic acids is 1. The number of nitrogens with one attached hydrogen (secondary N) is 2. The number of carboxylic acid groups (broad SMARTS) is 1. The molecule has 0 fully saturated rings. The van der Waals surface area contributed by atoms with E-state index in [0.29, 0.717) is 6.42 Å². The molecule has 2 amide bonds. The molecule has 0 saturated carbocycles. The highest BCUT2D eigenvalue weighted by Crippen LogP contribution is 2.19. The van der Waals surface area contributed by atoms with Crippen LogP contribution in [-0.4, -0.2) is 23.7 Å². The molecule has 5 nitrogen and oxygen atoms in total. The van der Waals surface area contributed by atoms with Crippen LogP contribution in [0.2, 0.25) is 0 Å². The molecule has 1 atom stereocenters. The number of carbonyl (C=O) groups excluding carboxylic acids is 1. The topological polar surface area (TPSA) is 78.4 Å². The number of hydrogen-bond acceptors (Lipinski definition) is 2. The summed E-state index contributed by atoms with van der Waals surface area (Å²) < 4.78 is 0. The number of aliphatic carboxylic acids is 1. The first-order valence-electron chi connectivity index (χ1n) is 6.29. The monoisotopic (exact) mass is 264 g/mol. The predicted molar refractivity (Wildman–Crippen MR) is 74.4 cm³/mol. The summed E-state index contributed by atoms with van der Waals surface area (Å²) in [6.07, 6.45) is 0.485. The molecule has 0 aliphatic carbocycles. The van der Waals surface area contributed by atoms with Crippen molar-refractivity contribution in [3.05, 3.63) is 29.3 Å². The molecule has 104 valence electrons. The van der Waals surface area contributed by atoms with E-state index in [-0.39, 0.29) is 12.6 Å². The Kier molecular flexibility index (Phi) is 5.36. The minimum Gasteiger partial charge on any atom is -0.481 e. The van der Waals surface area contributed by atoms with Gasteiger partial charge >= 0.3 is 12.0 Å². The van der Waals surface area contributed by atoms with Gasteiger partial charge in [-0.15, -0.1) is 0 Å². The molecule has 19 heavy (non-hydrogen) atoms. The molecule has 1 aromatic carbocycles. The van der Waals surface area contributed by atoms with Gasteiger partial charge in [-0.05, 0) is 31.4 Å². The molecular weight excluding hydrogens is 244 g/mol. The predicted octanol–water partition coefficient (Wildman–Crippen LogP) is 2.54.